The second-order valence-electron chi connectivity index (χ2n) is 4.33. The standard InChI is InChI=1S/C11H22O2/c1-3-10(12,4-2)11(13)8-6-5-7-9-11/h12-13H,3-9H2,1-2H3. The third kappa shape index (κ3) is 1.89. The van der Waals surface area contributed by atoms with E-state index in [9.17, 15) is 10.2 Å². The van der Waals surface area contributed by atoms with Crippen molar-refractivity contribution in [3.05, 3.63) is 0 Å². The molecule has 1 aliphatic carbocycles. The third-order valence-corrected chi connectivity index (χ3v) is 3.72. The van der Waals surface area contributed by atoms with Crippen LogP contribution in [0.15, 0.2) is 0 Å². The summed E-state index contributed by atoms with van der Waals surface area (Å²) < 4.78 is 0. The molecular formula is C11H22O2. The predicted octanol–water partition coefficient (Wildman–Crippen LogP) is 2.23. The molecule has 0 radical (unpaired) electrons. The molecule has 0 spiro atoms. The van der Waals surface area contributed by atoms with Gasteiger partial charge in [0.15, 0.2) is 0 Å². The van der Waals surface area contributed by atoms with Crippen molar-refractivity contribution in [3.63, 3.8) is 0 Å². The topological polar surface area (TPSA) is 40.5 Å². The Balaban J connectivity index is 2.74. The molecule has 2 heteroatoms. The quantitative estimate of drug-likeness (QED) is 0.709. The van der Waals surface area contributed by atoms with Crippen LogP contribution in [0.3, 0.4) is 0 Å². The van der Waals surface area contributed by atoms with Crippen LogP contribution in [0.25, 0.3) is 0 Å². The van der Waals surface area contributed by atoms with E-state index in [1.807, 2.05) is 13.8 Å². The highest BCUT2D eigenvalue weighted by Gasteiger charge is 2.46. The Morgan fingerprint density at radius 1 is 1.08 bits per heavy atom. The van der Waals surface area contributed by atoms with Gasteiger partial charge in [-0.1, -0.05) is 33.1 Å². The molecular weight excluding hydrogens is 164 g/mol. The first-order valence-electron chi connectivity index (χ1n) is 5.53. The zero-order chi connectivity index (χ0) is 9.95. The molecule has 1 rings (SSSR count). The number of aliphatic hydroxyl groups is 2. The first-order chi connectivity index (χ1) is 6.08. The zero-order valence-electron chi connectivity index (χ0n) is 8.84. The fourth-order valence-electron chi connectivity index (χ4n) is 2.51. The van der Waals surface area contributed by atoms with Crippen molar-refractivity contribution in [1.82, 2.24) is 0 Å². The van der Waals surface area contributed by atoms with E-state index >= 15 is 0 Å². The third-order valence-electron chi connectivity index (χ3n) is 3.72. The molecule has 2 nitrogen and oxygen atoms in total. The summed E-state index contributed by atoms with van der Waals surface area (Å²) in [6.45, 7) is 3.91. The largest absolute Gasteiger partial charge is 0.387 e. The van der Waals surface area contributed by atoms with E-state index in [0.29, 0.717) is 12.8 Å². The van der Waals surface area contributed by atoms with Gasteiger partial charge in [0.1, 0.15) is 0 Å². The summed E-state index contributed by atoms with van der Waals surface area (Å²) in [6.07, 6.45) is 6.15. The lowest BCUT2D eigenvalue weighted by atomic mass is 9.70. The number of hydrogen-bond acceptors (Lipinski definition) is 2. The Bertz CT molecular complexity index is 155. The van der Waals surface area contributed by atoms with Crippen LogP contribution in [0.5, 0.6) is 0 Å². The molecule has 0 heterocycles. The molecule has 1 aliphatic rings. The lowest BCUT2D eigenvalue weighted by Crippen LogP contribution is -2.54. The summed E-state index contributed by atoms with van der Waals surface area (Å²) in [5.41, 5.74) is -1.66. The van der Waals surface area contributed by atoms with Crippen molar-refractivity contribution in [2.45, 2.75) is 70.0 Å². The fourth-order valence-corrected chi connectivity index (χ4v) is 2.51. The molecule has 1 fully saturated rings. The van der Waals surface area contributed by atoms with Crippen LogP contribution >= 0.6 is 0 Å². The lowest BCUT2D eigenvalue weighted by Gasteiger charge is -2.45. The number of hydrogen-bond donors (Lipinski definition) is 2. The maximum Gasteiger partial charge on any atom is 0.0933 e. The minimum atomic E-state index is -0.854. The van der Waals surface area contributed by atoms with E-state index in [2.05, 4.69) is 0 Å². The summed E-state index contributed by atoms with van der Waals surface area (Å²) in [5.74, 6) is 0. The van der Waals surface area contributed by atoms with Crippen LogP contribution in [0.1, 0.15) is 58.8 Å². The van der Waals surface area contributed by atoms with E-state index in [1.54, 1.807) is 0 Å². The van der Waals surface area contributed by atoms with E-state index in [0.717, 1.165) is 25.7 Å². The van der Waals surface area contributed by atoms with Crippen molar-refractivity contribution in [2.24, 2.45) is 0 Å². The van der Waals surface area contributed by atoms with E-state index in [-0.39, 0.29) is 0 Å². The monoisotopic (exact) mass is 186 g/mol. The van der Waals surface area contributed by atoms with Gasteiger partial charge in [0, 0.05) is 0 Å². The van der Waals surface area contributed by atoms with Crippen LogP contribution in [0.2, 0.25) is 0 Å². The molecule has 0 amide bonds. The van der Waals surface area contributed by atoms with Gasteiger partial charge in [-0.05, 0) is 25.7 Å². The molecule has 0 saturated heterocycles. The molecule has 0 bridgehead atoms. The highest BCUT2D eigenvalue weighted by atomic mass is 16.4. The van der Waals surface area contributed by atoms with Gasteiger partial charge in [0.2, 0.25) is 0 Å². The van der Waals surface area contributed by atoms with Gasteiger partial charge < -0.3 is 10.2 Å². The van der Waals surface area contributed by atoms with E-state index < -0.39 is 11.2 Å². The molecule has 0 unspecified atom stereocenters. The minimum Gasteiger partial charge on any atom is -0.387 e. The second kappa shape index (κ2) is 3.97. The lowest BCUT2D eigenvalue weighted by molar-refractivity contribution is -0.171. The normalized spacial score (nSPS) is 23.1. The molecule has 1 saturated carbocycles. The molecule has 0 aromatic heterocycles. The fraction of sp³-hybridized carbons (Fsp3) is 1.00. The molecule has 13 heavy (non-hydrogen) atoms. The van der Waals surface area contributed by atoms with Crippen molar-refractivity contribution in [1.29, 1.82) is 0 Å². The van der Waals surface area contributed by atoms with Crippen molar-refractivity contribution in [3.8, 4) is 0 Å². The van der Waals surface area contributed by atoms with Crippen molar-refractivity contribution < 1.29 is 10.2 Å². The molecule has 0 aromatic rings. The predicted molar refractivity (Wildman–Crippen MR) is 53.6 cm³/mol. The smallest absolute Gasteiger partial charge is 0.0933 e. The Hall–Kier alpha value is -0.0800. The van der Waals surface area contributed by atoms with E-state index in [4.69, 9.17) is 0 Å². The Morgan fingerprint density at radius 2 is 1.54 bits per heavy atom. The van der Waals surface area contributed by atoms with E-state index in [1.165, 1.54) is 6.42 Å². The maximum atomic E-state index is 10.3. The summed E-state index contributed by atoms with van der Waals surface area (Å²) in [6, 6.07) is 0. The minimum absolute atomic E-state index is 0.653. The molecule has 2 N–H and O–H groups in total. The summed E-state index contributed by atoms with van der Waals surface area (Å²) in [7, 11) is 0. The Kier molecular flexibility index (Phi) is 3.36. The van der Waals surface area contributed by atoms with Gasteiger partial charge in [0.05, 0.1) is 11.2 Å². The molecule has 0 atom stereocenters. The van der Waals surface area contributed by atoms with Gasteiger partial charge in [-0.2, -0.15) is 0 Å². The average Bonchev–Trinajstić information content (AvgIpc) is 2.17. The second-order valence-corrected chi connectivity index (χ2v) is 4.33. The van der Waals surface area contributed by atoms with Gasteiger partial charge in [-0.3, -0.25) is 0 Å². The highest BCUT2D eigenvalue weighted by molar-refractivity contribution is 4.99. The Morgan fingerprint density at radius 3 is 1.92 bits per heavy atom. The first kappa shape index (κ1) is 11.0. The van der Waals surface area contributed by atoms with Crippen LogP contribution < -0.4 is 0 Å². The zero-order valence-corrected chi connectivity index (χ0v) is 8.84. The van der Waals surface area contributed by atoms with Gasteiger partial charge in [-0.25, -0.2) is 0 Å². The molecule has 0 aliphatic heterocycles. The molecule has 78 valence electrons. The van der Waals surface area contributed by atoms with Crippen molar-refractivity contribution in [2.75, 3.05) is 0 Å². The van der Waals surface area contributed by atoms with Crippen LogP contribution in [-0.2, 0) is 0 Å². The highest BCUT2D eigenvalue weighted by Crippen LogP contribution is 2.40. The Labute approximate surface area is 81.0 Å². The average molecular weight is 186 g/mol. The van der Waals surface area contributed by atoms with Gasteiger partial charge in [0.25, 0.3) is 0 Å². The van der Waals surface area contributed by atoms with Crippen LogP contribution in [-0.4, -0.2) is 21.4 Å². The van der Waals surface area contributed by atoms with Gasteiger partial charge >= 0.3 is 0 Å². The van der Waals surface area contributed by atoms with Crippen molar-refractivity contribution >= 4 is 0 Å². The number of rotatable bonds is 3. The SMILES string of the molecule is CCC(O)(CC)C1(O)CCCCC1. The summed E-state index contributed by atoms with van der Waals surface area (Å²) in [4.78, 5) is 0. The maximum absolute atomic E-state index is 10.3. The summed E-state index contributed by atoms with van der Waals surface area (Å²) in [5, 5.41) is 20.6. The van der Waals surface area contributed by atoms with Gasteiger partial charge in [-0.15, -0.1) is 0 Å². The molecule has 0 aromatic carbocycles. The van der Waals surface area contributed by atoms with Crippen LogP contribution in [0, 0.1) is 0 Å². The first-order valence-corrected chi connectivity index (χ1v) is 5.53. The summed E-state index contributed by atoms with van der Waals surface area (Å²) >= 11 is 0. The van der Waals surface area contributed by atoms with Crippen LogP contribution in [0.4, 0.5) is 0 Å².